The van der Waals surface area contributed by atoms with E-state index in [0.717, 1.165) is 30.0 Å². The number of halogens is 1. The van der Waals surface area contributed by atoms with Crippen LogP contribution in [0.1, 0.15) is 11.1 Å². The monoisotopic (exact) mass is 331 g/mol. The van der Waals surface area contributed by atoms with Crippen LogP contribution in [0.15, 0.2) is 47.6 Å². The molecule has 0 bridgehead atoms. The topological polar surface area (TPSA) is 93.8 Å². The predicted octanol–water partition coefficient (Wildman–Crippen LogP) is 2.57. The zero-order valence-electron chi connectivity index (χ0n) is 12.7. The molecule has 0 fully saturated rings. The normalized spacial score (nSPS) is 10.6. The van der Waals surface area contributed by atoms with Gasteiger partial charge in [-0.2, -0.15) is 5.10 Å². The number of aryl methyl sites for hydroxylation is 1. The standard InChI is InChI=1S/C16H14FN3O4/c1-11-3-2-4-14(7-11)24-10-16(21)19-18-9-12-8-13(20(22)23)5-6-15(12)17/h2-9H,10H2,1H3,(H,19,21)/b18-9+. The molecule has 7 nitrogen and oxygen atoms in total. The van der Waals surface area contributed by atoms with Crippen molar-refractivity contribution in [3.63, 3.8) is 0 Å². The van der Waals surface area contributed by atoms with Crippen molar-refractivity contribution in [1.82, 2.24) is 5.43 Å². The number of hydrazone groups is 1. The highest BCUT2D eigenvalue weighted by Crippen LogP contribution is 2.15. The van der Waals surface area contributed by atoms with Crippen LogP contribution < -0.4 is 10.2 Å². The van der Waals surface area contributed by atoms with E-state index in [2.05, 4.69) is 10.5 Å². The number of carbonyl (C=O) groups is 1. The lowest BCUT2D eigenvalue weighted by Crippen LogP contribution is -2.24. The number of carbonyl (C=O) groups excluding carboxylic acids is 1. The fourth-order valence-corrected chi connectivity index (χ4v) is 1.80. The second-order valence-corrected chi connectivity index (χ2v) is 4.86. The van der Waals surface area contributed by atoms with Crippen molar-refractivity contribution in [2.24, 2.45) is 5.10 Å². The Morgan fingerprint density at radius 1 is 1.38 bits per heavy atom. The van der Waals surface area contributed by atoms with Crippen LogP contribution >= 0.6 is 0 Å². The molecule has 0 saturated heterocycles. The van der Waals surface area contributed by atoms with Gasteiger partial charge in [-0.15, -0.1) is 0 Å². The summed E-state index contributed by atoms with van der Waals surface area (Å²) in [6.07, 6.45) is 0.993. The van der Waals surface area contributed by atoms with Crippen molar-refractivity contribution in [2.45, 2.75) is 6.92 Å². The van der Waals surface area contributed by atoms with Gasteiger partial charge < -0.3 is 4.74 Å². The smallest absolute Gasteiger partial charge is 0.277 e. The molecule has 1 amide bonds. The van der Waals surface area contributed by atoms with Gasteiger partial charge in [0, 0.05) is 17.7 Å². The SMILES string of the molecule is Cc1cccc(OCC(=O)N/N=C/c2cc([N+](=O)[O-])ccc2F)c1. The molecule has 0 aliphatic heterocycles. The highest BCUT2D eigenvalue weighted by molar-refractivity contribution is 5.83. The zero-order valence-corrected chi connectivity index (χ0v) is 12.7. The van der Waals surface area contributed by atoms with Crippen LogP contribution in [0.2, 0.25) is 0 Å². The Morgan fingerprint density at radius 2 is 2.17 bits per heavy atom. The quantitative estimate of drug-likeness (QED) is 0.500. The maximum atomic E-state index is 13.5. The molecule has 8 heteroatoms. The second-order valence-electron chi connectivity index (χ2n) is 4.86. The highest BCUT2D eigenvalue weighted by atomic mass is 19.1. The van der Waals surface area contributed by atoms with Crippen LogP contribution in [0.3, 0.4) is 0 Å². The molecule has 0 aliphatic carbocycles. The highest BCUT2D eigenvalue weighted by Gasteiger charge is 2.09. The van der Waals surface area contributed by atoms with Gasteiger partial charge in [0.05, 0.1) is 11.1 Å². The minimum atomic E-state index is -0.686. The summed E-state index contributed by atoms with van der Waals surface area (Å²) in [5.74, 6) is -0.688. The Bertz CT molecular complexity index is 793. The lowest BCUT2D eigenvalue weighted by molar-refractivity contribution is -0.384. The number of non-ortho nitro benzene ring substituents is 1. The van der Waals surface area contributed by atoms with Gasteiger partial charge in [0.1, 0.15) is 11.6 Å². The van der Waals surface area contributed by atoms with Crippen molar-refractivity contribution in [2.75, 3.05) is 6.61 Å². The van der Waals surface area contributed by atoms with Crippen LogP contribution in [-0.4, -0.2) is 23.7 Å². The summed E-state index contributed by atoms with van der Waals surface area (Å²) in [5, 5.41) is 14.2. The molecular weight excluding hydrogens is 317 g/mol. The summed E-state index contributed by atoms with van der Waals surface area (Å²) in [7, 11) is 0. The molecule has 124 valence electrons. The maximum Gasteiger partial charge on any atom is 0.277 e. The molecule has 0 heterocycles. The fraction of sp³-hybridized carbons (Fsp3) is 0.125. The molecule has 24 heavy (non-hydrogen) atoms. The molecule has 0 unspecified atom stereocenters. The molecule has 2 aromatic carbocycles. The third-order valence-electron chi connectivity index (χ3n) is 2.94. The zero-order chi connectivity index (χ0) is 17.5. The average Bonchev–Trinajstić information content (AvgIpc) is 2.54. The first-order valence-electron chi connectivity index (χ1n) is 6.91. The Morgan fingerprint density at radius 3 is 2.88 bits per heavy atom. The lowest BCUT2D eigenvalue weighted by Gasteiger charge is -2.05. The van der Waals surface area contributed by atoms with Crippen LogP contribution in [-0.2, 0) is 4.79 Å². The third kappa shape index (κ3) is 4.87. The number of amides is 1. The maximum absolute atomic E-state index is 13.5. The van der Waals surface area contributed by atoms with E-state index < -0.39 is 16.6 Å². The van der Waals surface area contributed by atoms with Crippen molar-refractivity contribution < 1.29 is 18.8 Å². The number of hydrogen-bond acceptors (Lipinski definition) is 5. The van der Waals surface area contributed by atoms with E-state index in [0.29, 0.717) is 5.75 Å². The molecule has 0 saturated carbocycles. The molecule has 2 aromatic rings. The van der Waals surface area contributed by atoms with Gasteiger partial charge in [0.15, 0.2) is 6.61 Å². The Hall–Kier alpha value is -3.29. The number of nitrogens with one attached hydrogen (secondary N) is 1. The van der Waals surface area contributed by atoms with Crippen LogP contribution in [0.4, 0.5) is 10.1 Å². The summed E-state index contributed by atoms with van der Waals surface area (Å²) >= 11 is 0. The lowest BCUT2D eigenvalue weighted by atomic mass is 10.2. The Labute approximate surface area is 136 Å². The summed E-state index contributed by atoms with van der Waals surface area (Å²) in [6.45, 7) is 1.63. The van der Waals surface area contributed by atoms with E-state index >= 15 is 0 Å². The van der Waals surface area contributed by atoms with E-state index in [1.165, 1.54) is 0 Å². The average molecular weight is 331 g/mol. The number of benzene rings is 2. The first kappa shape index (κ1) is 17.1. The molecule has 1 N–H and O–H groups in total. The van der Waals surface area contributed by atoms with Crippen molar-refractivity contribution in [3.05, 3.63) is 69.5 Å². The van der Waals surface area contributed by atoms with Gasteiger partial charge in [-0.25, -0.2) is 9.82 Å². The summed E-state index contributed by atoms with van der Waals surface area (Å²) < 4.78 is 18.8. The molecule has 0 atom stereocenters. The van der Waals surface area contributed by atoms with Gasteiger partial charge in [-0.05, 0) is 30.7 Å². The van der Waals surface area contributed by atoms with Gasteiger partial charge in [0.2, 0.25) is 0 Å². The summed E-state index contributed by atoms with van der Waals surface area (Å²) in [4.78, 5) is 21.6. The van der Waals surface area contributed by atoms with Crippen molar-refractivity contribution in [3.8, 4) is 5.75 Å². The molecule has 0 radical (unpaired) electrons. The second kappa shape index (κ2) is 7.82. The van der Waals surface area contributed by atoms with Crippen LogP contribution in [0.25, 0.3) is 0 Å². The number of nitrogens with zero attached hydrogens (tertiary/aromatic N) is 2. The van der Waals surface area contributed by atoms with Crippen molar-refractivity contribution >= 4 is 17.8 Å². The number of ether oxygens (including phenoxy) is 1. The largest absolute Gasteiger partial charge is 0.484 e. The first-order valence-corrected chi connectivity index (χ1v) is 6.91. The summed E-state index contributed by atoms with van der Waals surface area (Å²) in [6, 6.07) is 10.2. The Balaban J connectivity index is 1.90. The first-order chi connectivity index (χ1) is 11.5. The minimum absolute atomic E-state index is 0.107. The minimum Gasteiger partial charge on any atom is -0.484 e. The molecule has 0 spiro atoms. The molecular formula is C16H14FN3O4. The van der Waals surface area contributed by atoms with Gasteiger partial charge in [-0.1, -0.05) is 12.1 Å². The van der Waals surface area contributed by atoms with Gasteiger partial charge >= 0.3 is 0 Å². The van der Waals surface area contributed by atoms with E-state index in [9.17, 15) is 19.3 Å². The molecule has 0 aromatic heterocycles. The summed E-state index contributed by atoms with van der Waals surface area (Å²) in [5.41, 5.74) is 2.77. The van der Waals surface area contributed by atoms with Crippen LogP contribution in [0, 0.1) is 22.9 Å². The molecule has 0 aliphatic rings. The number of rotatable bonds is 6. The van der Waals surface area contributed by atoms with Crippen molar-refractivity contribution in [1.29, 1.82) is 0 Å². The van der Waals surface area contributed by atoms with Gasteiger partial charge in [-0.3, -0.25) is 14.9 Å². The van der Waals surface area contributed by atoms with E-state index in [1.807, 2.05) is 13.0 Å². The number of nitro benzene ring substituents is 1. The number of nitro groups is 1. The van der Waals surface area contributed by atoms with E-state index in [1.54, 1.807) is 18.2 Å². The van der Waals surface area contributed by atoms with Gasteiger partial charge in [0.25, 0.3) is 11.6 Å². The number of hydrogen-bond donors (Lipinski definition) is 1. The molecule has 2 rings (SSSR count). The van der Waals surface area contributed by atoms with E-state index in [4.69, 9.17) is 4.74 Å². The van der Waals surface area contributed by atoms with E-state index in [-0.39, 0.29) is 17.9 Å². The third-order valence-corrected chi connectivity index (χ3v) is 2.94. The fourth-order valence-electron chi connectivity index (χ4n) is 1.80. The van der Waals surface area contributed by atoms with Crippen LogP contribution in [0.5, 0.6) is 5.75 Å². The Kier molecular flexibility index (Phi) is 5.56. The predicted molar refractivity (Wildman–Crippen MR) is 85.5 cm³/mol.